The Morgan fingerprint density at radius 2 is 2.03 bits per heavy atom. The highest BCUT2D eigenvalue weighted by Gasteiger charge is 2.38. The maximum absolute atomic E-state index is 13.2. The van der Waals surface area contributed by atoms with Gasteiger partial charge in [-0.1, -0.05) is 40.3 Å². The van der Waals surface area contributed by atoms with Crippen molar-refractivity contribution < 1.29 is 27.4 Å². The van der Waals surface area contributed by atoms with Crippen molar-refractivity contribution in [1.29, 1.82) is 0 Å². The van der Waals surface area contributed by atoms with E-state index in [1.807, 2.05) is 0 Å². The van der Waals surface area contributed by atoms with E-state index in [0.717, 1.165) is 10.2 Å². The lowest BCUT2D eigenvalue weighted by Crippen LogP contribution is -2.27. The minimum Gasteiger partial charge on any atom is -0.454 e. The van der Waals surface area contributed by atoms with Crippen LogP contribution >= 0.6 is 34.2 Å². The van der Waals surface area contributed by atoms with Crippen molar-refractivity contribution in [2.24, 2.45) is 0 Å². The molecule has 0 bridgehead atoms. The van der Waals surface area contributed by atoms with Gasteiger partial charge in [-0.2, -0.15) is 18.3 Å². The van der Waals surface area contributed by atoms with Gasteiger partial charge < -0.3 is 14.4 Å². The number of nitrogens with zero attached hydrogens (tertiary/aromatic N) is 3. The van der Waals surface area contributed by atoms with Crippen LogP contribution in [0.2, 0.25) is 5.02 Å². The molecule has 2 heterocycles. The van der Waals surface area contributed by atoms with Crippen molar-refractivity contribution in [2.75, 3.05) is 18.7 Å². The first-order valence-corrected chi connectivity index (χ1v) is 11.2. The third-order valence-corrected chi connectivity index (χ3v) is 6.28. The maximum atomic E-state index is 13.2. The van der Waals surface area contributed by atoms with Crippen LogP contribution in [0.4, 0.5) is 18.9 Å². The Balaban J connectivity index is 1.70. The Morgan fingerprint density at radius 1 is 1.28 bits per heavy atom. The fraction of sp³-hybridized carbons (Fsp3) is 0.238. The molecule has 0 radical (unpaired) electrons. The zero-order valence-corrected chi connectivity index (χ0v) is 19.7. The topological polar surface area (TPSA) is 56.6 Å². The molecular formula is C21H16ClF3IN3O3. The van der Waals surface area contributed by atoms with Crippen LogP contribution in [0, 0.1) is 6.92 Å². The van der Waals surface area contributed by atoms with E-state index in [2.05, 4.69) is 27.7 Å². The first-order valence-electron chi connectivity index (χ1n) is 9.31. The number of halogens is 5. The molecule has 1 aromatic heterocycles. The van der Waals surface area contributed by atoms with Crippen molar-refractivity contribution in [3.63, 3.8) is 0 Å². The molecule has 1 aliphatic rings. The molecule has 168 valence electrons. The van der Waals surface area contributed by atoms with Gasteiger partial charge in [0.15, 0.2) is 17.2 Å². The van der Waals surface area contributed by atoms with E-state index >= 15 is 0 Å². The molecule has 0 spiro atoms. The van der Waals surface area contributed by atoms with Crippen molar-refractivity contribution in [1.82, 2.24) is 9.78 Å². The predicted molar refractivity (Wildman–Crippen MR) is 121 cm³/mol. The molecule has 1 aliphatic heterocycles. The monoisotopic (exact) mass is 577 g/mol. The van der Waals surface area contributed by atoms with Crippen molar-refractivity contribution in [3.8, 4) is 17.2 Å². The number of hydrogen-bond donors (Lipinski definition) is 0. The second-order valence-electron chi connectivity index (χ2n) is 7.00. The average molecular weight is 578 g/mol. The highest BCUT2D eigenvalue weighted by Crippen LogP contribution is 2.42. The number of anilines is 1. The van der Waals surface area contributed by atoms with E-state index in [4.69, 9.17) is 21.1 Å². The summed E-state index contributed by atoms with van der Waals surface area (Å²) in [5.41, 5.74) is 0.993. The van der Waals surface area contributed by atoms with Gasteiger partial charge in [-0.05, 0) is 37.3 Å². The molecule has 11 heteroatoms. The second kappa shape index (κ2) is 8.47. The van der Waals surface area contributed by atoms with Crippen LogP contribution in [0.3, 0.4) is 0 Å². The minimum atomic E-state index is -4.68. The van der Waals surface area contributed by atoms with Crippen LogP contribution in [0.1, 0.15) is 27.3 Å². The van der Waals surface area contributed by atoms with Gasteiger partial charge in [-0.25, -0.2) is 4.68 Å². The molecule has 0 N–H and O–H groups in total. The molecule has 6 nitrogen and oxygen atoms in total. The minimum absolute atomic E-state index is 0.119. The molecule has 4 rings (SSSR count). The van der Waals surface area contributed by atoms with Gasteiger partial charge in [0, 0.05) is 22.6 Å². The van der Waals surface area contributed by atoms with Crippen molar-refractivity contribution in [3.05, 3.63) is 63.9 Å². The van der Waals surface area contributed by atoms with E-state index in [9.17, 15) is 18.0 Å². The summed E-state index contributed by atoms with van der Waals surface area (Å²) in [6, 6.07) is 9.72. The Labute approximate surface area is 200 Å². The number of aromatic nitrogens is 2. The quantitative estimate of drug-likeness (QED) is 0.291. The lowest BCUT2D eigenvalue weighted by atomic mass is 10.1. The normalized spacial score (nSPS) is 12.8. The summed E-state index contributed by atoms with van der Waals surface area (Å²) in [5.74, 6) is 0.880. The van der Waals surface area contributed by atoms with Crippen molar-refractivity contribution in [2.45, 2.75) is 17.5 Å². The van der Waals surface area contributed by atoms with E-state index in [1.165, 1.54) is 17.9 Å². The second-order valence-corrected chi connectivity index (χ2v) is 8.14. The molecule has 0 fully saturated rings. The lowest BCUT2D eigenvalue weighted by Gasteiger charge is -2.21. The Morgan fingerprint density at radius 3 is 2.69 bits per heavy atom. The van der Waals surface area contributed by atoms with Gasteiger partial charge in [0.25, 0.3) is 5.91 Å². The van der Waals surface area contributed by atoms with Crippen LogP contribution < -0.4 is 14.4 Å². The zero-order chi connectivity index (χ0) is 23.2. The Kier molecular flexibility index (Phi) is 6.01. The van der Waals surface area contributed by atoms with Crippen molar-refractivity contribution >= 4 is 45.8 Å². The largest absolute Gasteiger partial charge is 0.454 e. The van der Waals surface area contributed by atoms with E-state index < -0.39 is 16.9 Å². The maximum Gasteiger partial charge on any atom is 0.436 e. The summed E-state index contributed by atoms with van der Waals surface area (Å²) in [6.07, 6.45) is -4.68. The predicted octanol–water partition coefficient (Wildman–Crippen LogP) is 5.79. The highest BCUT2D eigenvalue weighted by molar-refractivity contribution is 14.1. The summed E-state index contributed by atoms with van der Waals surface area (Å²) in [4.78, 5) is 14.7. The SMILES string of the molecule is Cc1c(Cl)c(C(F)(F)F)nn1-c1cccc(C(=O)N(C)c2ccc3c(c2CI)OCO3)c1. The number of ether oxygens (including phenoxy) is 2. The summed E-state index contributed by atoms with van der Waals surface area (Å²) >= 11 is 8.04. The number of benzene rings is 2. The van der Waals surface area contributed by atoms with E-state index in [0.29, 0.717) is 27.3 Å². The van der Waals surface area contributed by atoms with E-state index in [-0.39, 0.29) is 24.0 Å². The molecule has 2 aromatic carbocycles. The van der Waals surface area contributed by atoms with Crippen LogP contribution in [0.25, 0.3) is 5.69 Å². The third-order valence-electron chi connectivity index (χ3n) is 5.07. The van der Waals surface area contributed by atoms with Gasteiger partial charge in [-0.15, -0.1) is 0 Å². The molecular weight excluding hydrogens is 562 g/mol. The lowest BCUT2D eigenvalue weighted by molar-refractivity contribution is -0.141. The van der Waals surface area contributed by atoms with E-state index in [1.54, 1.807) is 37.4 Å². The fourth-order valence-corrected chi connectivity index (χ4v) is 4.41. The zero-order valence-electron chi connectivity index (χ0n) is 16.8. The summed E-state index contributed by atoms with van der Waals surface area (Å²) < 4.78 is 52.2. The standard InChI is InChI=1S/C21H16ClF3IN3O3/c1-11-17(22)19(21(23,24)25)27-29(11)13-5-3-4-12(8-13)20(30)28(2)15-6-7-16-18(14(15)9-26)32-10-31-16/h3-8H,9-10H2,1-2H3. The highest BCUT2D eigenvalue weighted by atomic mass is 127. The number of fused-ring (bicyclic) bond motifs is 1. The van der Waals surface area contributed by atoms with Gasteiger partial charge in [0.05, 0.1) is 22.1 Å². The molecule has 0 atom stereocenters. The van der Waals surface area contributed by atoms with Crippen LogP contribution in [-0.4, -0.2) is 29.5 Å². The molecule has 0 saturated carbocycles. The summed E-state index contributed by atoms with van der Waals surface area (Å²) in [5, 5.41) is 3.15. The Bertz CT molecular complexity index is 1210. The number of amides is 1. The fourth-order valence-electron chi connectivity index (χ4n) is 3.45. The number of carbonyl (C=O) groups is 1. The smallest absolute Gasteiger partial charge is 0.436 e. The van der Waals surface area contributed by atoms with Gasteiger partial charge in [-0.3, -0.25) is 4.79 Å². The number of alkyl halides is 4. The molecule has 0 unspecified atom stereocenters. The molecule has 3 aromatic rings. The van der Waals surface area contributed by atoms with Crippen LogP contribution in [0.15, 0.2) is 36.4 Å². The summed E-state index contributed by atoms with van der Waals surface area (Å²) in [7, 11) is 1.63. The third kappa shape index (κ3) is 3.90. The summed E-state index contributed by atoms with van der Waals surface area (Å²) in [6.45, 7) is 1.55. The molecule has 1 amide bonds. The Hall–Kier alpha value is -2.47. The molecule has 0 aliphatic carbocycles. The number of hydrogen-bond acceptors (Lipinski definition) is 4. The molecule has 32 heavy (non-hydrogen) atoms. The van der Waals surface area contributed by atoms with Gasteiger partial charge >= 0.3 is 6.18 Å². The van der Waals surface area contributed by atoms with Gasteiger partial charge in [0.2, 0.25) is 6.79 Å². The van der Waals surface area contributed by atoms with Gasteiger partial charge in [0.1, 0.15) is 0 Å². The van der Waals surface area contributed by atoms with Crippen LogP contribution in [-0.2, 0) is 10.6 Å². The van der Waals surface area contributed by atoms with Crippen LogP contribution in [0.5, 0.6) is 11.5 Å². The average Bonchev–Trinajstić information content (AvgIpc) is 3.36. The number of rotatable bonds is 4. The first-order chi connectivity index (χ1) is 15.1. The number of carbonyl (C=O) groups excluding carboxylic acids is 1. The molecule has 0 saturated heterocycles. The first kappa shape index (κ1) is 22.7.